The summed E-state index contributed by atoms with van der Waals surface area (Å²) in [5.41, 5.74) is 2.28. The molecule has 0 atom stereocenters. The fraction of sp³-hybridized carbons (Fsp3) is 0.400. The van der Waals surface area contributed by atoms with Crippen molar-refractivity contribution >= 4 is 15.9 Å². The van der Waals surface area contributed by atoms with E-state index < -0.39 is 0 Å². The van der Waals surface area contributed by atoms with Gasteiger partial charge in [0.15, 0.2) is 11.7 Å². The van der Waals surface area contributed by atoms with Crippen LogP contribution >= 0.6 is 15.9 Å². The van der Waals surface area contributed by atoms with Crippen molar-refractivity contribution in [3.8, 4) is 11.3 Å². The minimum Gasteiger partial charge on any atom is -0.441 e. The summed E-state index contributed by atoms with van der Waals surface area (Å²) in [6.07, 6.45) is 5.30. The third kappa shape index (κ3) is 3.25. The Balaban J connectivity index is 1.67. The summed E-state index contributed by atoms with van der Waals surface area (Å²) in [7, 11) is 0. The van der Waals surface area contributed by atoms with Gasteiger partial charge in [0.25, 0.3) is 0 Å². The third-order valence-corrected chi connectivity index (χ3v) is 4.24. The van der Waals surface area contributed by atoms with Crippen LogP contribution in [-0.4, -0.2) is 17.6 Å². The normalized spacial score (nSPS) is 14.8. The molecule has 0 unspecified atom stereocenters. The van der Waals surface area contributed by atoms with E-state index in [0.29, 0.717) is 0 Å². The fourth-order valence-electron chi connectivity index (χ4n) is 2.03. The molecule has 19 heavy (non-hydrogen) atoms. The highest BCUT2D eigenvalue weighted by molar-refractivity contribution is 9.10. The minimum absolute atomic E-state index is 0.739. The molecule has 1 aromatic carbocycles. The molecule has 0 aliphatic heterocycles. The van der Waals surface area contributed by atoms with Gasteiger partial charge in [-0.05, 0) is 37.5 Å². The highest BCUT2D eigenvalue weighted by Gasteiger charge is 2.20. The van der Waals surface area contributed by atoms with Crippen LogP contribution in [0.5, 0.6) is 0 Å². The van der Waals surface area contributed by atoms with Crippen LogP contribution in [-0.2, 0) is 6.42 Å². The van der Waals surface area contributed by atoms with Gasteiger partial charge in [-0.15, -0.1) is 0 Å². The monoisotopic (exact) mass is 320 g/mol. The number of hydrogen-bond donors (Lipinski definition) is 1. The molecule has 1 saturated carbocycles. The standard InChI is InChI=1S/C15H17BrN2O/c1-10-8-11(2-5-13(10)16)14-9-18-15(19-14)6-7-17-12-3-4-12/h2,5,8-9,12,17H,3-4,6-7H2,1H3. The summed E-state index contributed by atoms with van der Waals surface area (Å²) in [5.74, 6) is 1.65. The van der Waals surface area contributed by atoms with E-state index in [1.54, 1.807) is 0 Å². The van der Waals surface area contributed by atoms with Gasteiger partial charge in [-0.25, -0.2) is 4.98 Å². The summed E-state index contributed by atoms with van der Waals surface area (Å²) in [5, 5.41) is 3.46. The van der Waals surface area contributed by atoms with Crippen molar-refractivity contribution in [2.45, 2.75) is 32.2 Å². The Bertz CT molecular complexity index is 575. The molecule has 1 N–H and O–H groups in total. The molecule has 0 spiro atoms. The zero-order valence-corrected chi connectivity index (χ0v) is 12.5. The lowest BCUT2D eigenvalue weighted by molar-refractivity contribution is 0.494. The van der Waals surface area contributed by atoms with Crippen molar-refractivity contribution in [2.24, 2.45) is 0 Å². The van der Waals surface area contributed by atoms with Gasteiger partial charge in [-0.2, -0.15) is 0 Å². The van der Waals surface area contributed by atoms with E-state index in [-0.39, 0.29) is 0 Å². The van der Waals surface area contributed by atoms with Gasteiger partial charge in [0.1, 0.15) is 0 Å². The fourth-order valence-corrected chi connectivity index (χ4v) is 2.27. The van der Waals surface area contributed by atoms with E-state index in [2.05, 4.69) is 39.2 Å². The minimum atomic E-state index is 0.739. The SMILES string of the molecule is Cc1cc(-c2cnc(CCNC3CC3)o2)ccc1Br. The molecule has 0 saturated heterocycles. The molecule has 4 heteroatoms. The van der Waals surface area contributed by atoms with E-state index in [4.69, 9.17) is 4.42 Å². The summed E-state index contributed by atoms with van der Waals surface area (Å²) in [6, 6.07) is 6.94. The van der Waals surface area contributed by atoms with Gasteiger partial charge < -0.3 is 9.73 Å². The first-order valence-electron chi connectivity index (χ1n) is 6.67. The number of aromatic nitrogens is 1. The van der Waals surface area contributed by atoms with Gasteiger partial charge >= 0.3 is 0 Å². The van der Waals surface area contributed by atoms with Crippen LogP contribution in [0.1, 0.15) is 24.3 Å². The van der Waals surface area contributed by atoms with Crippen LogP contribution in [0.4, 0.5) is 0 Å². The molecule has 0 amide bonds. The maximum absolute atomic E-state index is 5.80. The van der Waals surface area contributed by atoms with E-state index in [9.17, 15) is 0 Å². The molecule has 1 aromatic heterocycles. The lowest BCUT2D eigenvalue weighted by Crippen LogP contribution is -2.19. The highest BCUT2D eigenvalue weighted by atomic mass is 79.9. The number of aryl methyl sites for hydroxylation is 1. The van der Waals surface area contributed by atoms with E-state index in [0.717, 1.165) is 40.7 Å². The number of nitrogens with one attached hydrogen (secondary N) is 1. The highest BCUT2D eigenvalue weighted by Crippen LogP contribution is 2.25. The average molecular weight is 321 g/mol. The number of halogens is 1. The summed E-state index contributed by atoms with van der Waals surface area (Å²) in [4.78, 5) is 4.34. The molecule has 1 heterocycles. The Hall–Kier alpha value is -1.13. The molecule has 1 fully saturated rings. The van der Waals surface area contributed by atoms with Crippen LogP contribution in [0.15, 0.2) is 33.3 Å². The number of nitrogens with zero attached hydrogens (tertiary/aromatic N) is 1. The Morgan fingerprint density at radius 3 is 3.00 bits per heavy atom. The van der Waals surface area contributed by atoms with Crippen molar-refractivity contribution in [1.82, 2.24) is 10.3 Å². The molecule has 3 nitrogen and oxygen atoms in total. The molecular weight excluding hydrogens is 304 g/mol. The second-order valence-electron chi connectivity index (χ2n) is 5.06. The first-order chi connectivity index (χ1) is 9.22. The Morgan fingerprint density at radius 1 is 1.42 bits per heavy atom. The lowest BCUT2D eigenvalue weighted by Gasteiger charge is -2.01. The van der Waals surface area contributed by atoms with Crippen LogP contribution in [0, 0.1) is 6.92 Å². The van der Waals surface area contributed by atoms with Crippen LogP contribution in [0.25, 0.3) is 11.3 Å². The van der Waals surface area contributed by atoms with E-state index in [1.807, 2.05) is 18.3 Å². The quantitative estimate of drug-likeness (QED) is 0.912. The predicted molar refractivity (Wildman–Crippen MR) is 79.1 cm³/mol. The average Bonchev–Trinajstić information content (AvgIpc) is 3.10. The smallest absolute Gasteiger partial charge is 0.196 e. The van der Waals surface area contributed by atoms with Crippen LogP contribution < -0.4 is 5.32 Å². The summed E-state index contributed by atoms with van der Waals surface area (Å²) >= 11 is 3.51. The van der Waals surface area contributed by atoms with Crippen molar-refractivity contribution in [3.05, 3.63) is 40.3 Å². The van der Waals surface area contributed by atoms with Crippen molar-refractivity contribution in [1.29, 1.82) is 0 Å². The third-order valence-electron chi connectivity index (χ3n) is 3.35. The van der Waals surface area contributed by atoms with Gasteiger partial charge in [-0.1, -0.05) is 22.0 Å². The molecule has 1 aliphatic carbocycles. The molecule has 2 aromatic rings. The Labute approximate surface area is 121 Å². The topological polar surface area (TPSA) is 38.1 Å². The summed E-state index contributed by atoms with van der Waals surface area (Å²) in [6.45, 7) is 3.02. The number of hydrogen-bond acceptors (Lipinski definition) is 3. The van der Waals surface area contributed by atoms with Crippen molar-refractivity contribution in [3.63, 3.8) is 0 Å². The van der Waals surface area contributed by atoms with Gasteiger partial charge in [0.05, 0.1) is 6.20 Å². The second-order valence-corrected chi connectivity index (χ2v) is 5.91. The molecule has 0 radical (unpaired) electrons. The van der Waals surface area contributed by atoms with Crippen molar-refractivity contribution < 1.29 is 4.42 Å². The molecule has 3 rings (SSSR count). The zero-order valence-electron chi connectivity index (χ0n) is 10.9. The number of rotatable bonds is 5. The first kappa shape index (κ1) is 12.9. The molecular formula is C15H17BrN2O. The maximum Gasteiger partial charge on any atom is 0.196 e. The maximum atomic E-state index is 5.80. The van der Waals surface area contributed by atoms with Gasteiger partial charge in [0, 0.05) is 29.0 Å². The Kier molecular flexibility index (Phi) is 3.71. The second kappa shape index (κ2) is 5.47. The van der Waals surface area contributed by atoms with Gasteiger partial charge in [0.2, 0.25) is 0 Å². The van der Waals surface area contributed by atoms with E-state index >= 15 is 0 Å². The number of oxazole rings is 1. The van der Waals surface area contributed by atoms with Crippen LogP contribution in [0.3, 0.4) is 0 Å². The molecule has 0 bridgehead atoms. The largest absolute Gasteiger partial charge is 0.441 e. The Morgan fingerprint density at radius 2 is 2.26 bits per heavy atom. The van der Waals surface area contributed by atoms with Crippen LogP contribution in [0.2, 0.25) is 0 Å². The van der Waals surface area contributed by atoms with Gasteiger partial charge in [-0.3, -0.25) is 0 Å². The number of benzene rings is 1. The molecule has 100 valence electrons. The first-order valence-corrected chi connectivity index (χ1v) is 7.46. The van der Waals surface area contributed by atoms with E-state index in [1.165, 1.54) is 18.4 Å². The predicted octanol–water partition coefficient (Wildman–Crippen LogP) is 3.71. The lowest BCUT2D eigenvalue weighted by atomic mass is 10.1. The van der Waals surface area contributed by atoms with Crippen molar-refractivity contribution in [2.75, 3.05) is 6.54 Å². The molecule has 1 aliphatic rings. The summed E-state index contributed by atoms with van der Waals surface area (Å²) < 4.78 is 6.92. The zero-order chi connectivity index (χ0) is 13.2.